The molecule has 0 aromatic rings. The molecule has 1 atom stereocenters. The van der Waals surface area contributed by atoms with Gasteiger partial charge in [-0.15, -0.1) is 0 Å². The van der Waals surface area contributed by atoms with Crippen LogP contribution in [0.1, 0.15) is 27.2 Å². The first-order chi connectivity index (χ1) is 5.42. The van der Waals surface area contributed by atoms with Gasteiger partial charge in [-0.05, 0) is 19.3 Å². The third-order valence-corrected chi connectivity index (χ3v) is 1.56. The largest absolute Gasteiger partial charge is 0.479 e. The van der Waals surface area contributed by atoms with Crippen LogP contribution in [-0.4, -0.2) is 22.7 Å². The van der Waals surface area contributed by atoms with E-state index in [9.17, 15) is 9.59 Å². The second-order valence-electron chi connectivity index (χ2n) is 3.38. The maximum atomic E-state index is 10.7. The molecule has 0 aliphatic heterocycles. The van der Waals surface area contributed by atoms with Crippen LogP contribution < -0.4 is 0 Å². The highest BCUT2D eigenvalue weighted by Crippen LogP contribution is 2.20. The average Bonchev–Trinajstić information content (AvgIpc) is 1.85. The molecule has 0 bridgehead atoms. The molecule has 0 amide bonds. The van der Waals surface area contributed by atoms with E-state index in [1.165, 1.54) is 13.0 Å². The maximum absolute atomic E-state index is 10.7. The van der Waals surface area contributed by atoms with E-state index in [0.717, 1.165) is 0 Å². The zero-order valence-electron chi connectivity index (χ0n) is 7.50. The van der Waals surface area contributed by atoms with Gasteiger partial charge in [0, 0.05) is 0 Å². The van der Waals surface area contributed by atoms with Gasteiger partial charge in [0.1, 0.15) is 0 Å². The van der Waals surface area contributed by atoms with E-state index in [1.807, 2.05) is 13.8 Å². The van der Waals surface area contributed by atoms with Gasteiger partial charge in [0.15, 0.2) is 5.54 Å². The van der Waals surface area contributed by atoms with Gasteiger partial charge in [-0.25, -0.2) is 9.59 Å². The lowest BCUT2D eigenvalue weighted by atomic mass is 9.92. The number of nitrogens with zero attached hydrogens (tertiary/aromatic N) is 1. The third kappa shape index (κ3) is 2.84. The molecule has 0 spiro atoms. The van der Waals surface area contributed by atoms with E-state index in [4.69, 9.17) is 5.11 Å². The van der Waals surface area contributed by atoms with Gasteiger partial charge in [-0.3, -0.25) is 0 Å². The summed E-state index contributed by atoms with van der Waals surface area (Å²) in [6.07, 6.45) is 1.63. The minimum atomic E-state index is -1.31. The minimum Gasteiger partial charge on any atom is -0.479 e. The van der Waals surface area contributed by atoms with Gasteiger partial charge in [-0.2, -0.15) is 4.99 Å². The summed E-state index contributed by atoms with van der Waals surface area (Å²) in [7, 11) is 0. The van der Waals surface area contributed by atoms with Crippen molar-refractivity contribution < 1.29 is 14.7 Å². The summed E-state index contributed by atoms with van der Waals surface area (Å²) in [5.74, 6) is -0.900. The molecular formula is C8H13NO3. The van der Waals surface area contributed by atoms with Crippen LogP contribution >= 0.6 is 0 Å². The van der Waals surface area contributed by atoms with Crippen molar-refractivity contribution >= 4 is 12.0 Å². The SMILES string of the molecule is CC(C)CC(C)(N=C=O)C(=O)O. The Labute approximate surface area is 71.3 Å². The van der Waals surface area contributed by atoms with Gasteiger partial charge < -0.3 is 5.11 Å². The lowest BCUT2D eigenvalue weighted by Gasteiger charge is -2.19. The fraction of sp³-hybridized carbons (Fsp3) is 0.750. The molecule has 0 aliphatic carbocycles. The van der Waals surface area contributed by atoms with Crippen LogP contribution in [0.4, 0.5) is 0 Å². The molecule has 0 aromatic heterocycles. The summed E-state index contributed by atoms with van der Waals surface area (Å²) in [4.78, 5) is 23.9. The Hall–Kier alpha value is -1.15. The number of carboxylic acids is 1. The summed E-state index contributed by atoms with van der Waals surface area (Å²) >= 11 is 0. The number of carbonyl (C=O) groups is 1. The van der Waals surface area contributed by atoms with E-state index >= 15 is 0 Å². The van der Waals surface area contributed by atoms with Crippen molar-refractivity contribution in [2.75, 3.05) is 0 Å². The Balaban J connectivity index is 4.62. The van der Waals surface area contributed by atoms with Gasteiger partial charge in [-0.1, -0.05) is 13.8 Å². The Morgan fingerprint density at radius 2 is 2.17 bits per heavy atom. The molecule has 12 heavy (non-hydrogen) atoms. The molecule has 0 radical (unpaired) electrons. The second kappa shape index (κ2) is 4.02. The van der Waals surface area contributed by atoms with Crippen molar-refractivity contribution in [1.82, 2.24) is 0 Å². The van der Waals surface area contributed by atoms with Crippen molar-refractivity contribution in [3.8, 4) is 0 Å². The summed E-state index contributed by atoms with van der Waals surface area (Å²) in [6, 6.07) is 0. The van der Waals surface area contributed by atoms with Crippen LogP contribution in [0.2, 0.25) is 0 Å². The highest BCUT2D eigenvalue weighted by atomic mass is 16.4. The van der Waals surface area contributed by atoms with Crippen molar-refractivity contribution in [2.24, 2.45) is 10.9 Å². The number of aliphatic imine (C=N–C) groups is 1. The number of hydrogen-bond acceptors (Lipinski definition) is 3. The van der Waals surface area contributed by atoms with E-state index in [0.29, 0.717) is 6.42 Å². The second-order valence-corrected chi connectivity index (χ2v) is 3.38. The highest BCUT2D eigenvalue weighted by molar-refractivity contribution is 5.79. The molecule has 4 nitrogen and oxygen atoms in total. The molecular weight excluding hydrogens is 158 g/mol. The highest BCUT2D eigenvalue weighted by Gasteiger charge is 2.33. The molecule has 1 unspecified atom stereocenters. The molecule has 0 aromatic carbocycles. The number of carboxylic acid groups (broad SMARTS) is 1. The van der Waals surface area contributed by atoms with Crippen molar-refractivity contribution in [3.05, 3.63) is 0 Å². The van der Waals surface area contributed by atoms with Crippen LogP contribution in [0.3, 0.4) is 0 Å². The van der Waals surface area contributed by atoms with Gasteiger partial charge in [0.2, 0.25) is 6.08 Å². The Bertz CT molecular complexity index is 214. The van der Waals surface area contributed by atoms with E-state index in [2.05, 4.69) is 4.99 Å². The lowest BCUT2D eigenvalue weighted by Crippen LogP contribution is -2.34. The number of hydrogen-bond donors (Lipinski definition) is 1. The lowest BCUT2D eigenvalue weighted by molar-refractivity contribution is -0.143. The normalized spacial score (nSPS) is 15.0. The minimum absolute atomic E-state index is 0.184. The van der Waals surface area contributed by atoms with Crippen molar-refractivity contribution in [3.63, 3.8) is 0 Å². The third-order valence-electron chi connectivity index (χ3n) is 1.56. The van der Waals surface area contributed by atoms with E-state index in [-0.39, 0.29) is 5.92 Å². The molecule has 0 saturated carbocycles. The summed E-state index contributed by atoms with van der Waals surface area (Å²) in [5.41, 5.74) is -1.31. The van der Waals surface area contributed by atoms with Crippen LogP contribution in [0.5, 0.6) is 0 Å². The maximum Gasteiger partial charge on any atom is 0.332 e. The molecule has 1 N–H and O–H groups in total. The topological polar surface area (TPSA) is 66.7 Å². The summed E-state index contributed by atoms with van der Waals surface area (Å²) < 4.78 is 0. The number of carbonyl (C=O) groups excluding carboxylic acids is 1. The molecule has 0 aliphatic rings. The molecule has 0 fully saturated rings. The zero-order valence-corrected chi connectivity index (χ0v) is 7.50. The Morgan fingerprint density at radius 3 is 2.42 bits per heavy atom. The molecule has 68 valence electrons. The molecule has 0 rings (SSSR count). The van der Waals surface area contributed by atoms with Crippen LogP contribution in [0, 0.1) is 5.92 Å². The molecule has 4 heteroatoms. The number of isocyanates is 1. The van der Waals surface area contributed by atoms with Crippen LogP contribution in [-0.2, 0) is 9.59 Å². The van der Waals surface area contributed by atoms with E-state index in [1.54, 1.807) is 0 Å². The standard InChI is InChI=1S/C8H13NO3/c1-6(2)4-8(3,7(11)12)9-5-10/h6H,4H2,1-3H3,(H,11,12). The first kappa shape index (κ1) is 10.8. The predicted octanol–water partition coefficient (Wildman–Crippen LogP) is 1.21. The monoisotopic (exact) mass is 171 g/mol. The summed E-state index contributed by atoms with van der Waals surface area (Å²) in [5, 5.41) is 8.74. The number of rotatable bonds is 4. The van der Waals surface area contributed by atoms with Gasteiger partial charge in [0.05, 0.1) is 0 Å². The molecule has 0 saturated heterocycles. The summed E-state index contributed by atoms with van der Waals surface area (Å²) in [6.45, 7) is 5.17. The van der Waals surface area contributed by atoms with Crippen molar-refractivity contribution in [2.45, 2.75) is 32.7 Å². The van der Waals surface area contributed by atoms with Crippen LogP contribution in [0.15, 0.2) is 4.99 Å². The number of aliphatic carboxylic acids is 1. The first-order valence-corrected chi connectivity index (χ1v) is 3.75. The van der Waals surface area contributed by atoms with E-state index < -0.39 is 11.5 Å². The quantitative estimate of drug-likeness (QED) is 0.510. The average molecular weight is 171 g/mol. The van der Waals surface area contributed by atoms with Crippen LogP contribution in [0.25, 0.3) is 0 Å². The van der Waals surface area contributed by atoms with Gasteiger partial charge in [0.25, 0.3) is 0 Å². The Morgan fingerprint density at radius 1 is 1.67 bits per heavy atom. The first-order valence-electron chi connectivity index (χ1n) is 3.75. The fourth-order valence-electron chi connectivity index (χ4n) is 1.08. The van der Waals surface area contributed by atoms with Crippen molar-refractivity contribution in [1.29, 1.82) is 0 Å². The molecule has 0 heterocycles. The predicted molar refractivity (Wildman–Crippen MR) is 43.6 cm³/mol. The zero-order chi connectivity index (χ0) is 9.78. The fourth-order valence-corrected chi connectivity index (χ4v) is 1.08. The van der Waals surface area contributed by atoms with Gasteiger partial charge >= 0.3 is 5.97 Å². The Kier molecular flexibility index (Phi) is 3.64. The smallest absolute Gasteiger partial charge is 0.332 e.